The lowest BCUT2D eigenvalue weighted by atomic mass is 10.0. The van der Waals surface area contributed by atoms with Crippen LogP contribution < -0.4 is 5.32 Å². The van der Waals surface area contributed by atoms with E-state index in [9.17, 15) is 13.6 Å². The van der Waals surface area contributed by atoms with Gasteiger partial charge in [-0.3, -0.25) is 4.79 Å². The second-order valence-electron chi connectivity index (χ2n) is 6.13. The number of halogens is 2. The molecule has 0 aliphatic heterocycles. The van der Waals surface area contributed by atoms with Crippen molar-refractivity contribution in [3.63, 3.8) is 0 Å². The molecule has 0 unspecified atom stereocenters. The van der Waals surface area contributed by atoms with Gasteiger partial charge >= 0.3 is 0 Å². The van der Waals surface area contributed by atoms with Crippen LogP contribution >= 0.6 is 0 Å². The molecule has 0 saturated carbocycles. The molecule has 0 heterocycles. The van der Waals surface area contributed by atoms with E-state index >= 15 is 0 Å². The van der Waals surface area contributed by atoms with Crippen molar-refractivity contribution < 1.29 is 13.6 Å². The van der Waals surface area contributed by atoms with E-state index in [2.05, 4.69) is 19.2 Å². The van der Waals surface area contributed by atoms with Gasteiger partial charge < -0.3 is 5.32 Å². The minimum absolute atomic E-state index is 0.0165. The molecule has 0 aliphatic carbocycles. The molecule has 1 N–H and O–H groups in total. The fourth-order valence-electron chi connectivity index (χ4n) is 2.31. The Hall–Kier alpha value is -2.49. The summed E-state index contributed by atoms with van der Waals surface area (Å²) in [6, 6.07) is 11.3. The van der Waals surface area contributed by atoms with Gasteiger partial charge in [-0.05, 0) is 35.6 Å². The minimum Gasteiger partial charge on any atom is -0.348 e. The van der Waals surface area contributed by atoms with E-state index in [0.717, 1.165) is 18.1 Å². The maximum Gasteiger partial charge on any atom is 0.244 e. The Balaban J connectivity index is 1.88. The van der Waals surface area contributed by atoms with Crippen LogP contribution in [0, 0.1) is 17.6 Å². The summed E-state index contributed by atoms with van der Waals surface area (Å²) in [5.74, 6) is -1.03. The molecule has 0 spiro atoms. The van der Waals surface area contributed by atoms with Gasteiger partial charge in [-0.15, -0.1) is 0 Å². The molecule has 0 atom stereocenters. The van der Waals surface area contributed by atoms with Crippen molar-refractivity contribution in [2.75, 3.05) is 0 Å². The summed E-state index contributed by atoms with van der Waals surface area (Å²) >= 11 is 0. The van der Waals surface area contributed by atoms with E-state index < -0.39 is 11.6 Å². The van der Waals surface area contributed by atoms with Crippen molar-refractivity contribution in [2.45, 2.75) is 26.8 Å². The summed E-state index contributed by atoms with van der Waals surface area (Å²) in [7, 11) is 0. The van der Waals surface area contributed by atoms with E-state index in [0.29, 0.717) is 5.92 Å². The zero-order valence-corrected chi connectivity index (χ0v) is 13.9. The van der Waals surface area contributed by atoms with Gasteiger partial charge in [-0.25, -0.2) is 8.78 Å². The number of amides is 1. The highest BCUT2D eigenvalue weighted by molar-refractivity contribution is 5.91. The number of hydrogen-bond donors (Lipinski definition) is 1. The molecule has 24 heavy (non-hydrogen) atoms. The third-order valence-electron chi connectivity index (χ3n) is 3.52. The monoisotopic (exact) mass is 329 g/mol. The summed E-state index contributed by atoms with van der Waals surface area (Å²) in [4.78, 5) is 11.8. The van der Waals surface area contributed by atoms with Crippen LogP contribution in [0.4, 0.5) is 8.78 Å². The topological polar surface area (TPSA) is 29.1 Å². The number of hydrogen-bond acceptors (Lipinski definition) is 1. The van der Waals surface area contributed by atoms with Crippen molar-refractivity contribution in [1.82, 2.24) is 5.32 Å². The van der Waals surface area contributed by atoms with Gasteiger partial charge in [0.1, 0.15) is 11.6 Å². The molecule has 0 saturated heterocycles. The van der Waals surface area contributed by atoms with Crippen LogP contribution in [0.2, 0.25) is 0 Å². The van der Waals surface area contributed by atoms with Gasteiger partial charge in [0, 0.05) is 24.3 Å². The van der Waals surface area contributed by atoms with E-state index in [-0.39, 0.29) is 18.0 Å². The minimum atomic E-state index is -0.667. The fourth-order valence-corrected chi connectivity index (χ4v) is 2.31. The summed E-state index contributed by atoms with van der Waals surface area (Å²) in [6.07, 6.45) is 4.13. The molecule has 2 rings (SSSR count). The molecule has 0 aliphatic rings. The molecule has 0 fully saturated rings. The first-order valence-electron chi connectivity index (χ1n) is 7.93. The van der Waals surface area contributed by atoms with Crippen molar-refractivity contribution in [2.24, 2.45) is 5.92 Å². The maximum atomic E-state index is 13.5. The zero-order valence-electron chi connectivity index (χ0n) is 13.9. The summed E-state index contributed by atoms with van der Waals surface area (Å²) in [5.41, 5.74) is 2.43. The Bertz CT molecular complexity index is 721. The lowest BCUT2D eigenvalue weighted by molar-refractivity contribution is -0.116. The average Bonchev–Trinajstić information content (AvgIpc) is 2.53. The number of nitrogens with one attached hydrogen (secondary N) is 1. The van der Waals surface area contributed by atoms with Crippen LogP contribution in [0.5, 0.6) is 0 Å². The molecular formula is C20H21F2NO. The lowest BCUT2D eigenvalue weighted by Gasteiger charge is -2.05. The first kappa shape index (κ1) is 17.9. The molecule has 0 aromatic heterocycles. The predicted molar refractivity (Wildman–Crippen MR) is 92.2 cm³/mol. The van der Waals surface area contributed by atoms with Gasteiger partial charge in [0.15, 0.2) is 0 Å². The van der Waals surface area contributed by atoms with Gasteiger partial charge in [0.2, 0.25) is 5.91 Å². The Morgan fingerprint density at radius 1 is 1.12 bits per heavy atom. The first-order chi connectivity index (χ1) is 11.4. The fraction of sp³-hybridized carbons (Fsp3) is 0.250. The van der Waals surface area contributed by atoms with Crippen LogP contribution in [-0.2, 0) is 17.8 Å². The van der Waals surface area contributed by atoms with Crippen molar-refractivity contribution in [3.8, 4) is 0 Å². The molecule has 2 nitrogen and oxygen atoms in total. The smallest absolute Gasteiger partial charge is 0.244 e. The number of carbonyl (C=O) groups is 1. The molecule has 0 radical (unpaired) electrons. The third-order valence-corrected chi connectivity index (χ3v) is 3.52. The standard InChI is InChI=1S/C20H21F2NO/c1-14(2)11-16-5-3-15(4-6-16)7-10-20(24)23-13-17-8-9-18(21)12-19(17)22/h3-10,12,14H,11,13H2,1-2H3,(H,23,24). The highest BCUT2D eigenvalue weighted by Gasteiger charge is 2.04. The molecule has 2 aromatic carbocycles. The predicted octanol–water partition coefficient (Wildman–Crippen LogP) is 4.49. The van der Waals surface area contributed by atoms with Crippen LogP contribution in [0.25, 0.3) is 6.08 Å². The molecule has 126 valence electrons. The lowest BCUT2D eigenvalue weighted by Crippen LogP contribution is -2.20. The van der Waals surface area contributed by atoms with E-state index in [1.54, 1.807) is 6.08 Å². The summed E-state index contributed by atoms with van der Waals surface area (Å²) < 4.78 is 26.3. The Labute approximate surface area is 141 Å². The van der Waals surface area contributed by atoms with Gasteiger partial charge in [-0.2, -0.15) is 0 Å². The number of rotatable bonds is 6. The van der Waals surface area contributed by atoms with E-state index in [1.807, 2.05) is 24.3 Å². The van der Waals surface area contributed by atoms with Gasteiger partial charge in [-0.1, -0.05) is 44.2 Å². The second kappa shape index (κ2) is 8.39. The van der Waals surface area contributed by atoms with E-state index in [4.69, 9.17) is 0 Å². The first-order valence-corrected chi connectivity index (χ1v) is 7.93. The van der Waals surface area contributed by atoms with Crippen molar-refractivity contribution in [3.05, 3.63) is 76.9 Å². The third kappa shape index (κ3) is 5.61. The summed E-state index contributed by atoms with van der Waals surface area (Å²) in [6.45, 7) is 4.35. The molecular weight excluding hydrogens is 308 g/mol. The normalized spacial score (nSPS) is 11.2. The van der Waals surface area contributed by atoms with Gasteiger partial charge in [0.05, 0.1) is 0 Å². The highest BCUT2D eigenvalue weighted by Crippen LogP contribution is 2.11. The highest BCUT2D eigenvalue weighted by atomic mass is 19.1. The number of carbonyl (C=O) groups excluding carboxylic acids is 1. The largest absolute Gasteiger partial charge is 0.348 e. The van der Waals surface area contributed by atoms with Crippen LogP contribution in [0.3, 0.4) is 0 Å². The Kier molecular flexibility index (Phi) is 6.24. The summed E-state index contributed by atoms with van der Waals surface area (Å²) in [5, 5.41) is 2.58. The second-order valence-corrected chi connectivity index (χ2v) is 6.13. The van der Waals surface area contributed by atoms with Crippen molar-refractivity contribution >= 4 is 12.0 Å². The van der Waals surface area contributed by atoms with Crippen LogP contribution in [0.1, 0.15) is 30.5 Å². The average molecular weight is 329 g/mol. The van der Waals surface area contributed by atoms with Crippen LogP contribution in [0.15, 0.2) is 48.5 Å². The molecule has 1 amide bonds. The molecule has 0 bridgehead atoms. The van der Waals surface area contributed by atoms with Crippen LogP contribution in [-0.4, -0.2) is 5.91 Å². The zero-order chi connectivity index (χ0) is 17.5. The van der Waals surface area contributed by atoms with E-state index in [1.165, 1.54) is 23.8 Å². The van der Waals surface area contributed by atoms with Crippen molar-refractivity contribution in [1.29, 1.82) is 0 Å². The quantitative estimate of drug-likeness (QED) is 0.777. The maximum absolute atomic E-state index is 13.5. The Morgan fingerprint density at radius 2 is 1.83 bits per heavy atom. The molecule has 2 aromatic rings. The SMILES string of the molecule is CC(C)Cc1ccc(C=CC(=O)NCc2ccc(F)cc2F)cc1. The van der Waals surface area contributed by atoms with Gasteiger partial charge in [0.25, 0.3) is 0 Å². The number of benzene rings is 2. The molecule has 4 heteroatoms. The Morgan fingerprint density at radius 3 is 2.46 bits per heavy atom.